The molecule has 28 heavy (non-hydrogen) atoms. The standard InChI is InChI=1S/C20H23N5O3/c1-12-13(2)22-17-11-15(23-25(17)19(12)26)16-6-4-5-9-24(16)20(27)14-7-8-21-18(10-14)28-3/h7-8,10-11,16,23H,4-6,9H2,1-3H3. The maximum Gasteiger partial charge on any atom is 0.275 e. The maximum atomic E-state index is 13.2. The maximum absolute atomic E-state index is 13.2. The smallest absolute Gasteiger partial charge is 0.275 e. The largest absolute Gasteiger partial charge is 0.481 e. The molecule has 0 spiro atoms. The molecule has 1 aliphatic rings. The number of carbonyl (C=O) groups excluding carboxylic acids is 1. The molecule has 0 aliphatic carbocycles. The predicted molar refractivity (Wildman–Crippen MR) is 104 cm³/mol. The lowest BCUT2D eigenvalue weighted by Gasteiger charge is -2.35. The molecule has 1 aliphatic heterocycles. The highest BCUT2D eigenvalue weighted by Gasteiger charge is 2.30. The fourth-order valence-electron chi connectivity index (χ4n) is 3.73. The number of aromatic amines is 1. The second-order valence-corrected chi connectivity index (χ2v) is 7.13. The number of hydrogen-bond acceptors (Lipinski definition) is 5. The van der Waals surface area contributed by atoms with Crippen molar-refractivity contribution in [3.8, 4) is 5.88 Å². The van der Waals surface area contributed by atoms with Crippen LogP contribution in [0.5, 0.6) is 5.88 Å². The second kappa shape index (κ2) is 7.10. The molecule has 4 rings (SSSR count). The fraction of sp³-hybridized carbons (Fsp3) is 0.400. The number of aryl methyl sites for hydroxylation is 1. The van der Waals surface area contributed by atoms with Crippen LogP contribution in [-0.4, -0.2) is 44.0 Å². The number of amides is 1. The van der Waals surface area contributed by atoms with E-state index in [9.17, 15) is 9.59 Å². The molecule has 1 fully saturated rings. The number of hydrogen-bond donors (Lipinski definition) is 1. The topological polar surface area (TPSA) is 92.6 Å². The van der Waals surface area contributed by atoms with Crippen molar-refractivity contribution in [1.82, 2.24) is 24.5 Å². The molecule has 0 radical (unpaired) electrons. The highest BCUT2D eigenvalue weighted by Crippen LogP contribution is 2.32. The van der Waals surface area contributed by atoms with Crippen LogP contribution in [0.1, 0.15) is 52.6 Å². The molecule has 1 unspecified atom stereocenters. The van der Waals surface area contributed by atoms with E-state index in [0.717, 1.165) is 30.7 Å². The van der Waals surface area contributed by atoms with Gasteiger partial charge in [-0.15, -0.1) is 0 Å². The molecule has 1 saturated heterocycles. The van der Waals surface area contributed by atoms with E-state index in [1.165, 1.54) is 11.6 Å². The van der Waals surface area contributed by atoms with Crippen molar-refractivity contribution in [1.29, 1.82) is 0 Å². The van der Waals surface area contributed by atoms with Crippen LogP contribution in [-0.2, 0) is 0 Å². The predicted octanol–water partition coefficient (Wildman–Crippen LogP) is 2.41. The number of ether oxygens (including phenoxy) is 1. The minimum atomic E-state index is -0.137. The fourth-order valence-corrected chi connectivity index (χ4v) is 3.73. The normalized spacial score (nSPS) is 17.1. The Labute approximate surface area is 162 Å². The molecule has 0 saturated carbocycles. The first-order valence-electron chi connectivity index (χ1n) is 9.39. The van der Waals surface area contributed by atoms with Gasteiger partial charge in [-0.25, -0.2) is 14.5 Å². The number of pyridine rings is 1. The lowest BCUT2D eigenvalue weighted by Crippen LogP contribution is -2.38. The van der Waals surface area contributed by atoms with Crippen LogP contribution in [0.25, 0.3) is 5.65 Å². The van der Waals surface area contributed by atoms with Crippen molar-refractivity contribution in [2.45, 2.75) is 39.2 Å². The lowest BCUT2D eigenvalue weighted by molar-refractivity contribution is 0.0605. The van der Waals surface area contributed by atoms with Crippen molar-refractivity contribution in [2.24, 2.45) is 0 Å². The number of methoxy groups -OCH3 is 1. The van der Waals surface area contributed by atoms with Crippen LogP contribution in [0.4, 0.5) is 0 Å². The van der Waals surface area contributed by atoms with Crippen molar-refractivity contribution in [3.63, 3.8) is 0 Å². The summed E-state index contributed by atoms with van der Waals surface area (Å²) in [6.45, 7) is 4.26. The quantitative estimate of drug-likeness (QED) is 0.752. The highest BCUT2D eigenvalue weighted by molar-refractivity contribution is 5.94. The highest BCUT2D eigenvalue weighted by atomic mass is 16.5. The molecule has 3 aromatic rings. The molecule has 1 amide bonds. The molecule has 0 aromatic carbocycles. The van der Waals surface area contributed by atoms with Crippen LogP contribution in [0.15, 0.2) is 29.2 Å². The summed E-state index contributed by atoms with van der Waals surface area (Å²) in [6.07, 6.45) is 4.36. The summed E-state index contributed by atoms with van der Waals surface area (Å²) >= 11 is 0. The minimum Gasteiger partial charge on any atom is -0.481 e. The number of fused-ring (bicyclic) bond motifs is 1. The third-order valence-corrected chi connectivity index (χ3v) is 5.42. The first-order valence-corrected chi connectivity index (χ1v) is 9.39. The molecule has 0 bridgehead atoms. The Bertz CT molecular complexity index is 1100. The van der Waals surface area contributed by atoms with E-state index < -0.39 is 0 Å². The van der Waals surface area contributed by atoms with E-state index in [0.29, 0.717) is 29.2 Å². The van der Waals surface area contributed by atoms with E-state index in [1.54, 1.807) is 25.3 Å². The van der Waals surface area contributed by atoms with Gasteiger partial charge in [0.15, 0.2) is 5.65 Å². The number of aromatic nitrogens is 4. The van der Waals surface area contributed by atoms with Crippen LogP contribution in [0, 0.1) is 13.8 Å². The van der Waals surface area contributed by atoms with E-state index >= 15 is 0 Å². The SMILES string of the molecule is COc1cc(C(=O)N2CCCCC2c2cc3nc(C)c(C)c(=O)n3[nH]2)ccn1. The van der Waals surface area contributed by atoms with Gasteiger partial charge in [0.25, 0.3) is 11.5 Å². The van der Waals surface area contributed by atoms with Crippen LogP contribution < -0.4 is 10.3 Å². The Balaban J connectivity index is 1.73. The zero-order valence-corrected chi connectivity index (χ0v) is 16.2. The summed E-state index contributed by atoms with van der Waals surface area (Å²) in [6, 6.07) is 5.08. The first kappa shape index (κ1) is 18.2. The molecule has 8 heteroatoms. The van der Waals surface area contributed by atoms with Gasteiger partial charge in [-0.3, -0.25) is 14.7 Å². The van der Waals surface area contributed by atoms with E-state index in [-0.39, 0.29) is 17.5 Å². The van der Waals surface area contributed by atoms with Gasteiger partial charge in [0.05, 0.1) is 18.8 Å². The van der Waals surface area contributed by atoms with Gasteiger partial charge in [0.2, 0.25) is 5.88 Å². The summed E-state index contributed by atoms with van der Waals surface area (Å²) in [5.41, 5.74) is 3.16. The molecule has 3 aromatic heterocycles. The Kier molecular flexibility index (Phi) is 4.62. The van der Waals surface area contributed by atoms with E-state index in [2.05, 4.69) is 15.1 Å². The summed E-state index contributed by atoms with van der Waals surface area (Å²) in [5.74, 6) is 0.337. The average Bonchev–Trinajstić information content (AvgIpc) is 3.15. The van der Waals surface area contributed by atoms with Crippen molar-refractivity contribution in [3.05, 3.63) is 57.3 Å². The molecule has 146 valence electrons. The van der Waals surface area contributed by atoms with Crippen molar-refractivity contribution < 1.29 is 9.53 Å². The van der Waals surface area contributed by atoms with Crippen molar-refractivity contribution in [2.75, 3.05) is 13.7 Å². The number of nitrogens with zero attached hydrogens (tertiary/aromatic N) is 4. The van der Waals surface area contributed by atoms with Gasteiger partial charge in [0.1, 0.15) is 0 Å². The monoisotopic (exact) mass is 381 g/mol. The number of rotatable bonds is 3. The number of likely N-dealkylation sites (tertiary alicyclic amines) is 1. The first-order chi connectivity index (χ1) is 13.5. The third-order valence-electron chi connectivity index (χ3n) is 5.42. The number of H-pyrrole nitrogens is 1. The summed E-state index contributed by atoms with van der Waals surface area (Å²) in [5, 5.41) is 3.17. The summed E-state index contributed by atoms with van der Waals surface area (Å²) in [4.78, 5) is 36.2. The Hall–Kier alpha value is -3.16. The minimum absolute atomic E-state index is 0.0725. The second-order valence-electron chi connectivity index (χ2n) is 7.13. The number of piperidine rings is 1. The van der Waals surface area contributed by atoms with Crippen LogP contribution in [0.2, 0.25) is 0 Å². The molecule has 8 nitrogen and oxygen atoms in total. The summed E-state index contributed by atoms with van der Waals surface area (Å²) < 4.78 is 6.61. The zero-order valence-electron chi connectivity index (χ0n) is 16.2. The van der Waals surface area contributed by atoms with Gasteiger partial charge < -0.3 is 9.64 Å². The molecular formula is C20H23N5O3. The Morgan fingerprint density at radius 1 is 1.29 bits per heavy atom. The number of carbonyl (C=O) groups is 1. The third kappa shape index (κ3) is 3.04. The van der Waals surface area contributed by atoms with Gasteiger partial charge in [0, 0.05) is 41.7 Å². The zero-order chi connectivity index (χ0) is 19.8. The Morgan fingerprint density at radius 2 is 2.11 bits per heavy atom. The molecular weight excluding hydrogens is 358 g/mol. The van der Waals surface area contributed by atoms with E-state index in [4.69, 9.17) is 4.74 Å². The van der Waals surface area contributed by atoms with Crippen molar-refractivity contribution >= 4 is 11.6 Å². The lowest BCUT2D eigenvalue weighted by atomic mass is 9.98. The Morgan fingerprint density at radius 3 is 2.89 bits per heavy atom. The van der Waals surface area contributed by atoms with Crippen LogP contribution in [0.3, 0.4) is 0 Å². The van der Waals surface area contributed by atoms with Gasteiger partial charge in [-0.2, -0.15) is 0 Å². The molecule has 1 N–H and O–H groups in total. The summed E-state index contributed by atoms with van der Waals surface area (Å²) in [7, 11) is 1.53. The van der Waals surface area contributed by atoms with Gasteiger partial charge >= 0.3 is 0 Å². The van der Waals surface area contributed by atoms with E-state index in [1.807, 2.05) is 17.9 Å². The van der Waals surface area contributed by atoms with Gasteiger partial charge in [-0.05, 0) is 39.2 Å². The average molecular weight is 381 g/mol. The number of nitrogens with one attached hydrogen (secondary N) is 1. The molecule has 1 atom stereocenters. The van der Waals surface area contributed by atoms with Gasteiger partial charge in [-0.1, -0.05) is 0 Å². The molecule has 4 heterocycles. The van der Waals surface area contributed by atoms with Crippen LogP contribution >= 0.6 is 0 Å².